The first-order valence-corrected chi connectivity index (χ1v) is 5.92. The van der Waals surface area contributed by atoms with Crippen molar-refractivity contribution < 1.29 is 22.4 Å². The predicted molar refractivity (Wildman–Crippen MR) is 67.3 cm³/mol. The van der Waals surface area contributed by atoms with Gasteiger partial charge in [0.1, 0.15) is 5.76 Å². The third-order valence-electron chi connectivity index (χ3n) is 2.30. The molecule has 0 aliphatic heterocycles. The predicted octanol–water partition coefficient (Wildman–Crippen LogP) is 4.38. The van der Waals surface area contributed by atoms with E-state index >= 15 is 0 Å². The van der Waals surface area contributed by atoms with E-state index in [9.17, 15) is 18.0 Å². The van der Waals surface area contributed by atoms with Gasteiger partial charge in [-0.3, -0.25) is 4.79 Å². The number of aldehydes is 1. The average Bonchev–Trinajstić information content (AvgIpc) is 2.76. The van der Waals surface area contributed by atoms with Crippen LogP contribution in [0.25, 0.3) is 11.3 Å². The Morgan fingerprint density at radius 3 is 2.44 bits per heavy atom. The maximum absolute atomic E-state index is 12.9. The summed E-state index contributed by atoms with van der Waals surface area (Å²) < 4.78 is 44.2. The van der Waals surface area contributed by atoms with E-state index in [4.69, 9.17) is 4.42 Å². The molecule has 6 heteroatoms. The zero-order valence-corrected chi connectivity index (χ0v) is 10.9. The first-order chi connectivity index (χ1) is 8.41. The highest BCUT2D eigenvalue weighted by molar-refractivity contribution is 14.1. The number of benzene rings is 1. The van der Waals surface area contributed by atoms with Gasteiger partial charge in [-0.2, -0.15) is 13.2 Å². The largest absolute Gasteiger partial charge is 0.453 e. The fourth-order valence-corrected chi connectivity index (χ4v) is 2.02. The zero-order chi connectivity index (χ0) is 13.3. The molecule has 2 nitrogen and oxygen atoms in total. The van der Waals surface area contributed by atoms with Gasteiger partial charge in [0.2, 0.25) is 0 Å². The molecule has 1 aromatic carbocycles. The smallest absolute Gasteiger partial charge is 0.417 e. The number of hydrogen-bond donors (Lipinski definition) is 0. The Morgan fingerprint density at radius 2 is 1.89 bits per heavy atom. The molecule has 0 aliphatic carbocycles. The maximum Gasteiger partial charge on any atom is 0.417 e. The zero-order valence-electron chi connectivity index (χ0n) is 8.79. The van der Waals surface area contributed by atoms with Gasteiger partial charge in [0, 0.05) is 9.13 Å². The van der Waals surface area contributed by atoms with Crippen LogP contribution in [-0.2, 0) is 6.18 Å². The Labute approximate surface area is 114 Å². The van der Waals surface area contributed by atoms with Gasteiger partial charge >= 0.3 is 6.18 Å². The van der Waals surface area contributed by atoms with Crippen molar-refractivity contribution in [2.75, 3.05) is 0 Å². The van der Waals surface area contributed by atoms with E-state index in [1.165, 1.54) is 18.2 Å². The lowest BCUT2D eigenvalue weighted by molar-refractivity contribution is -0.137. The highest BCUT2D eigenvalue weighted by Crippen LogP contribution is 2.38. The number of alkyl halides is 3. The minimum atomic E-state index is -4.47. The molecule has 2 aromatic rings. The molecule has 1 aromatic heterocycles. The molecule has 0 spiro atoms. The Kier molecular flexibility index (Phi) is 3.47. The molecular formula is C12H6F3IO2. The van der Waals surface area contributed by atoms with Crippen molar-refractivity contribution in [3.63, 3.8) is 0 Å². The Bertz CT molecular complexity index is 587. The van der Waals surface area contributed by atoms with Crippen molar-refractivity contribution in [2.24, 2.45) is 0 Å². The fraction of sp³-hybridized carbons (Fsp3) is 0.0833. The standard InChI is InChI=1S/C12H6F3IO2/c13-12(14,15)10-5-7(16)1-3-9(10)11-4-2-8(6-17)18-11/h1-6H. The number of hydrogen-bond acceptors (Lipinski definition) is 2. The summed E-state index contributed by atoms with van der Waals surface area (Å²) in [6.07, 6.45) is -4.02. The van der Waals surface area contributed by atoms with E-state index in [0.717, 1.165) is 6.07 Å². The lowest BCUT2D eigenvalue weighted by atomic mass is 10.1. The molecule has 18 heavy (non-hydrogen) atoms. The number of carbonyl (C=O) groups is 1. The Morgan fingerprint density at radius 1 is 1.17 bits per heavy atom. The van der Waals surface area contributed by atoms with Crippen molar-refractivity contribution in [1.29, 1.82) is 0 Å². The molecule has 0 radical (unpaired) electrons. The van der Waals surface area contributed by atoms with Crippen LogP contribution in [-0.4, -0.2) is 6.29 Å². The lowest BCUT2D eigenvalue weighted by Crippen LogP contribution is -2.07. The van der Waals surface area contributed by atoms with E-state index < -0.39 is 11.7 Å². The molecule has 0 bridgehead atoms. The van der Waals surface area contributed by atoms with Crippen LogP contribution in [0.4, 0.5) is 13.2 Å². The normalized spacial score (nSPS) is 11.6. The molecule has 0 unspecified atom stereocenters. The highest BCUT2D eigenvalue weighted by atomic mass is 127. The molecule has 0 saturated heterocycles. The summed E-state index contributed by atoms with van der Waals surface area (Å²) >= 11 is 1.81. The minimum Gasteiger partial charge on any atom is -0.453 e. The number of furan rings is 1. The summed E-state index contributed by atoms with van der Waals surface area (Å²) in [6, 6.07) is 6.60. The molecule has 0 N–H and O–H groups in total. The average molecular weight is 366 g/mol. The first kappa shape index (κ1) is 13.1. The molecule has 0 amide bonds. The third kappa shape index (κ3) is 2.58. The van der Waals surface area contributed by atoms with Crippen LogP contribution in [0.1, 0.15) is 16.1 Å². The number of halogens is 4. The van der Waals surface area contributed by atoms with Gasteiger partial charge < -0.3 is 4.42 Å². The van der Waals surface area contributed by atoms with Gasteiger partial charge in [-0.1, -0.05) is 0 Å². The molecule has 1 heterocycles. The van der Waals surface area contributed by atoms with E-state index in [-0.39, 0.29) is 17.1 Å². The van der Waals surface area contributed by atoms with Crippen LogP contribution in [0.3, 0.4) is 0 Å². The van der Waals surface area contributed by atoms with Crippen molar-refractivity contribution >= 4 is 28.9 Å². The van der Waals surface area contributed by atoms with Crippen molar-refractivity contribution in [3.05, 3.63) is 45.2 Å². The Balaban J connectivity index is 2.60. The second-order valence-corrected chi connectivity index (χ2v) is 4.75. The van der Waals surface area contributed by atoms with Gasteiger partial charge in [-0.05, 0) is 52.9 Å². The van der Waals surface area contributed by atoms with Gasteiger partial charge in [0.15, 0.2) is 12.0 Å². The summed E-state index contributed by atoms with van der Waals surface area (Å²) in [4.78, 5) is 10.5. The van der Waals surface area contributed by atoms with Gasteiger partial charge in [-0.15, -0.1) is 0 Å². The minimum absolute atomic E-state index is 0.00308. The molecule has 0 saturated carbocycles. The topological polar surface area (TPSA) is 30.2 Å². The molecule has 0 fully saturated rings. The molecule has 0 atom stereocenters. The molecular weight excluding hydrogens is 360 g/mol. The third-order valence-corrected chi connectivity index (χ3v) is 2.97. The quantitative estimate of drug-likeness (QED) is 0.583. The summed E-state index contributed by atoms with van der Waals surface area (Å²) in [5.74, 6) is 0.0255. The van der Waals surface area contributed by atoms with E-state index in [0.29, 0.717) is 9.86 Å². The molecule has 0 aliphatic rings. The number of rotatable bonds is 2. The van der Waals surface area contributed by atoms with Crippen molar-refractivity contribution in [2.45, 2.75) is 6.18 Å². The van der Waals surface area contributed by atoms with Crippen molar-refractivity contribution in [3.8, 4) is 11.3 Å². The van der Waals surface area contributed by atoms with E-state index in [1.54, 1.807) is 6.07 Å². The lowest BCUT2D eigenvalue weighted by Gasteiger charge is -2.11. The Hall–Kier alpha value is -1.31. The van der Waals surface area contributed by atoms with Crippen LogP contribution in [0.15, 0.2) is 34.7 Å². The second-order valence-electron chi connectivity index (χ2n) is 3.51. The van der Waals surface area contributed by atoms with Crippen molar-refractivity contribution in [1.82, 2.24) is 0 Å². The van der Waals surface area contributed by atoms with Crippen LogP contribution in [0.5, 0.6) is 0 Å². The highest BCUT2D eigenvalue weighted by Gasteiger charge is 2.34. The number of carbonyl (C=O) groups excluding carboxylic acids is 1. The van der Waals surface area contributed by atoms with E-state index in [1.807, 2.05) is 22.6 Å². The van der Waals surface area contributed by atoms with Crippen LogP contribution in [0, 0.1) is 3.57 Å². The molecule has 2 rings (SSSR count). The van der Waals surface area contributed by atoms with Crippen LogP contribution < -0.4 is 0 Å². The SMILES string of the molecule is O=Cc1ccc(-c2ccc(I)cc2C(F)(F)F)o1. The summed E-state index contributed by atoms with van der Waals surface area (Å²) in [5, 5.41) is 0. The maximum atomic E-state index is 12.9. The summed E-state index contributed by atoms with van der Waals surface area (Å²) in [5.41, 5.74) is -0.850. The van der Waals surface area contributed by atoms with E-state index in [2.05, 4.69) is 0 Å². The fourth-order valence-electron chi connectivity index (χ4n) is 1.53. The summed E-state index contributed by atoms with van der Waals surface area (Å²) in [7, 11) is 0. The second kappa shape index (κ2) is 4.75. The van der Waals surface area contributed by atoms with Gasteiger partial charge in [0.25, 0.3) is 0 Å². The first-order valence-electron chi connectivity index (χ1n) is 4.84. The summed E-state index contributed by atoms with van der Waals surface area (Å²) in [6.45, 7) is 0. The van der Waals surface area contributed by atoms with Crippen LogP contribution >= 0.6 is 22.6 Å². The van der Waals surface area contributed by atoms with Gasteiger partial charge in [0.05, 0.1) is 5.56 Å². The van der Waals surface area contributed by atoms with Gasteiger partial charge in [-0.25, -0.2) is 0 Å². The monoisotopic (exact) mass is 366 g/mol. The van der Waals surface area contributed by atoms with Crippen LogP contribution in [0.2, 0.25) is 0 Å². The molecule has 94 valence electrons.